The van der Waals surface area contributed by atoms with Gasteiger partial charge in [-0.05, 0) is 56.6 Å². The molecule has 1 aromatic carbocycles. The summed E-state index contributed by atoms with van der Waals surface area (Å²) in [5, 5.41) is 12.2. The minimum Gasteiger partial charge on any atom is -0.493 e. The number of benzene rings is 1. The van der Waals surface area contributed by atoms with Gasteiger partial charge >= 0.3 is 0 Å². The van der Waals surface area contributed by atoms with E-state index in [1.54, 1.807) is 7.11 Å². The number of rotatable bonds is 2. The molecule has 2 aliphatic heterocycles. The third-order valence-corrected chi connectivity index (χ3v) is 8.31. The van der Waals surface area contributed by atoms with Crippen molar-refractivity contribution in [3.63, 3.8) is 0 Å². The summed E-state index contributed by atoms with van der Waals surface area (Å²) in [6, 6.07) is 3.99. The number of nitrogens with zero attached hydrogens (tertiary/aromatic N) is 1. The van der Waals surface area contributed by atoms with Gasteiger partial charge in [0, 0.05) is 18.0 Å². The lowest BCUT2D eigenvalue weighted by Gasteiger charge is -2.63. The van der Waals surface area contributed by atoms with Gasteiger partial charge in [-0.3, -0.25) is 4.79 Å². The second-order valence-electron chi connectivity index (χ2n) is 9.15. The fraction of sp³-hybridized carbons (Fsp3) is 0.682. The van der Waals surface area contributed by atoms with Gasteiger partial charge in [0.1, 0.15) is 6.10 Å². The van der Waals surface area contributed by atoms with Crippen LogP contribution in [0.15, 0.2) is 12.1 Å². The first-order valence-corrected chi connectivity index (χ1v) is 10.5. The first-order valence-electron chi connectivity index (χ1n) is 10.5. The number of hydrogen-bond acceptors (Lipinski definition) is 4. The maximum atomic E-state index is 13.2. The lowest BCUT2D eigenvalue weighted by Crippen LogP contribution is -2.76. The van der Waals surface area contributed by atoms with Crippen LogP contribution in [0.1, 0.15) is 56.1 Å². The highest BCUT2D eigenvalue weighted by molar-refractivity contribution is 5.81. The highest BCUT2D eigenvalue weighted by Gasteiger charge is 2.71. The van der Waals surface area contributed by atoms with E-state index < -0.39 is 5.60 Å². The van der Waals surface area contributed by atoms with Crippen LogP contribution in [0.4, 0.5) is 0 Å². The number of ether oxygens (including phenoxy) is 2. The Kier molecular flexibility index (Phi) is 3.12. The summed E-state index contributed by atoms with van der Waals surface area (Å²) < 4.78 is 12.0. The van der Waals surface area contributed by atoms with Crippen LogP contribution in [0.5, 0.6) is 11.5 Å². The molecular weight excluding hydrogens is 342 g/mol. The first-order chi connectivity index (χ1) is 13.1. The minimum absolute atomic E-state index is 0.00921. The zero-order valence-electron chi connectivity index (χ0n) is 15.9. The van der Waals surface area contributed by atoms with E-state index in [2.05, 4.69) is 6.07 Å². The second-order valence-corrected chi connectivity index (χ2v) is 9.15. The summed E-state index contributed by atoms with van der Waals surface area (Å²) in [5.74, 6) is 2.06. The molecule has 5 aliphatic rings. The molecule has 6 rings (SSSR count). The highest BCUT2D eigenvalue weighted by Crippen LogP contribution is 2.65. The van der Waals surface area contributed by atoms with Crippen molar-refractivity contribution < 1.29 is 19.4 Å². The molecule has 4 atom stereocenters. The normalized spacial score (nSPS) is 38.7. The fourth-order valence-corrected chi connectivity index (χ4v) is 6.84. The molecule has 2 heterocycles. The molecule has 0 radical (unpaired) electrons. The van der Waals surface area contributed by atoms with Crippen molar-refractivity contribution in [1.82, 2.24) is 4.90 Å². The zero-order chi connectivity index (χ0) is 18.4. The molecule has 0 aromatic heterocycles. The van der Waals surface area contributed by atoms with Gasteiger partial charge in [-0.1, -0.05) is 12.5 Å². The molecule has 2 bridgehead atoms. The van der Waals surface area contributed by atoms with E-state index in [4.69, 9.17) is 9.47 Å². The third-order valence-electron chi connectivity index (χ3n) is 8.31. The summed E-state index contributed by atoms with van der Waals surface area (Å²) in [4.78, 5) is 15.2. The number of likely N-dealkylation sites (tertiary alicyclic amines) is 1. The predicted octanol–water partition coefficient (Wildman–Crippen LogP) is 2.57. The molecule has 5 heteroatoms. The molecule has 27 heavy (non-hydrogen) atoms. The van der Waals surface area contributed by atoms with Crippen LogP contribution in [0.25, 0.3) is 0 Å². The van der Waals surface area contributed by atoms with Gasteiger partial charge < -0.3 is 19.5 Å². The van der Waals surface area contributed by atoms with Gasteiger partial charge in [0.2, 0.25) is 5.91 Å². The van der Waals surface area contributed by atoms with Gasteiger partial charge in [-0.2, -0.15) is 0 Å². The van der Waals surface area contributed by atoms with Crippen LogP contribution in [0.3, 0.4) is 0 Å². The average Bonchev–Trinajstić information content (AvgIpc) is 2.94. The van der Waals surface area contributed by atoms with Crippen molar-refractivity contribution in [2.75, 3.05) is 13.7 Å². The van der Waals surface area contributed by atoms with E-state index in [9.17, 15) is 9.90 Å². The minimum atomic E-state index is -0.891. The molecule has 1 saturated heterocycles. The van der Waals surface area contributed by atoms with Crippen LogP contribution in [0, 0.1) is 5.92 Å². The Balaban J connectivity index is 1.53. The molecule has 0 unspecified atom stereocenters. The second kappa shape index (κ2) is 5.19. The molecule has 3 fully saturated rings. The third kappa shape index (κ3) is 1.73. The molecule has 2 saturated carbocycles. The van der Waals surface area contributed by atoms with Crippen molar-refractivity contribution in [2.45, 2.75) is 74.5 Å². The summed E-state index contributed by atoms with van der Waals surface area (Å²) in [7, 11) is 1.68. The van der Waals surface area contributed by atoms with Gasteiger partial charge in [0.25, 0.3) is 0 Å². The van der Waals surface area contributed by atoms with E-state index >= 15 is 0 Å². The molecule has 1 N–H and O–H groups in total. The topological polar surface area (TPSA) is 59.0 Å². The molecule has 5 nitrogen and oxygen atoms in total. The quantitative estimate of drug-likeness (QED) is 0.870. The number of amides is 1. The Labute approximate surface area is 159 Å². The SMILES string of the molecule is COc1ccc2c3c1O[C@H]1CCC[C@@]4(O)[C@@H](C2)N(C(=O)C2CCC2)CC[C@]314. The summed E-state index contributed by atoms with van der Waals surface area (Å²) >= 11 is 0. The lowest BCUT2D eigenvalue weighted by atomic mass is 9.49. The van der Waals surface area contributed by atoms with Crippen molar-refractivity contribution in [3.05, 3.63) is 23.3 Å². The maximum Gasteiger partial charge on any atom is 0.226 e. The number of carbonyl (C=O) groups is 1. The molecular formula is C22H27NO4. The van der Waals surface area contributed by atoms with Crippen LogP contribution in [0.2, 0.25) is 0 Å². The Bertz CT molecular complexity index is 834. The Hall–Kier alpha value is -1.75. The number of methoxy groups -OCH3 is 1. The Morgan fingerprint density at radius 1 is 1.26 bits per heavy atom. The fourth-order valence-electron chi connectivity index (χ4n) is 6.84. The van der Waals surface area contributed by atoms with Crippen LogP contribution < -0.4 is 9.47 Å². The number of hydrogen-bond donors (Lipinski definition) is 1. The largest absolute Gasteiger partial charge is 0.493 e. The molecule has 144 valence electrons. The summed E-state index contributed by atoms with van der Waals surface area (Å²) in [6.45, 7) is 0.734. The van der Waals surface area contributed by atoms with E-state index in [0.717, 1.165) is 69.4 Å². The van der Waals surface area contributed by atoms with E-state index in [1.165, 1.54) is 11.1 Å². The van der Waals surface area contributed by atoms with Gasteiger partial charge in [0.05, 0.1) is 24.2 Å². The lowest BCUT2D eigenvalue weighted by molar-refractivity contribution is -0.194. The van der Waals surface area contributed by atoms with Gasteiger partial charge in [-0.25, -0.2) is 0 Å². The van der Waals surface area contributed by atoms with E-state index in [-0.39, 0.29) is 29.4 Å². The predicted molar refractivity (Wildman–Crippen MR) is 99.1 cm³/mol. The summed E-state index contributed by atoms with van der Waals surface area (Å²) in [6.07, 6.45) is 7.33. The monoisotopic (exact) mass is 369 g/mol. The average molecular weight is 369 g/mol. The first kappa shape index (κ1) is 16.2. The van der Waals surface area contributed by atoms with Crippen molar-refractivity contribution in [2.24, 2.45) is 5.92 Å². The Morgan fingerprint density at radius 2 is 2.11 bits per heavy atom. The molecule has 3 aliphatic carbocycles. The number of carbonyl (C=O) groups excluding carboxylic acids is 1. The Morgan fingerprint density at radius 3 is 2.85 bits per heavy atom. The van der Waals surface area contributed by atoms with E-state index in [1.807, 2.05) is 11.0 Å². The van der Waals surface area contributed by atoms with Gasteiger partial charge in [-0.15, -0.1) is 0 Å². The molecule has 1 amide bonds. The van der Waals surface area contributed by atoms with Crippen LogP contribution in [-0.2, 0) is 16.6 Å². The van der Waals surface area contributed by atoms with E-state index in [0.29, 0.717) is 0 Å². The molecule has 1 spiro atoms. The number of aliphatic hydroxyl groups is 1. The highest BCUT2D eigenvalue weighted by atomic mass is 16.5. The van der Waals surface area contributed by atoms with Gasteiger partial charge in [0.15, 0.2) is 11.5 Å². The summed E-state index contributed by atoms with van der Waals surface area (Å²) in [5.41, 5.74) is 1.14. The molecule has 1 aromatic rings. The van der Waals surface area contributed by atoms with Crippen LogP contribution in [-0.4, -0.2) is 47.3 Å². The van der Waals surface area contributed by atoms with Crippen molar-refractivity contribution >= 4 is 5.91 Å². The van der Waals surface area contributed by atoms with Crippen molar-refractivity contribution in [1.29, 1.82) is 0 Å². The smallest absolute Gasteiger partial charge is 0.226 e. The van der Waals surface area contributed by atoms with Crippen molar-refractivity contribution in [3.8, 4) is 11.5 Å². The zero-order valence-corrected chi connectivity index (χ0v) is 15.9. The maximum absolute atomic E-state index is 13.2. The number of piperidine rings is 1. The van der Waals surface area contributed by atoms with Crippen LogP contribution >= 0.6 is 0 Å². The standard InChI is InChI=1S/C22H27NO4/c1-26-15-8-7-14-12-16-22(25)9-3-6-17-21(22,18(14)19(15)27-17)10-11-23(16)20(24)13-4-2-5-13/h7-8,13,16-17,25H,2-6,9-12H2,1H3/t16-,17+,21-,22-/m1/s1.